The molecule has 0 aliphatic carbocycles. The molecule has 0 spiro atoms. The maximum Gasteiger partial charge on any atom is 0.175 e. The highest BCUT2D eigenvalue weighted by Crippen LogP contribution is 2.25. The third-order valence-electron chi connectivity index (χ3n) is 1.93. The van der Waals surface area contributed by atoms with Gasteiger partial charge in [0.1, 0.15) is 11.8 Å². The number of methoxy groups -OCH3 is 1. The third kappa shape index (κ3) is 2.28. The first-order valence-corrected chi connectivity index (χ1v) is 5.23. The van der Waals surface area contributed by atoms with Gasteiger partial charge in [-0.25, -0.2) is 0 Å². The number of nitrogen functional groups attached to an aromatic ring is 1. The van der Waals surface area contributed by atoms with Crippen LogP contribution in [0.2, 0.25) is 0 Å². The highest BCUT2D eigenvalue weighted by molar-refractivity contribution is 9.09. The number of rotatable bonds is 3. The number of nitrogens with two attached hydrogens (primary N) is 1. The van der Waals surface area contributed by atoms with E-state index < -0.39 is 0 Å². The van der Waals surface area contributed by atoms with Gasteiger partial charge in [0.25, 0.3) is 0 Å². The molecule has 1 rings (SSSR count). The van der Waals surface area contributed by atoms with Crippen LogP contribution in [0.25, 0.3) is 0 Å². The molecule has 1 aromatic carbocycles. The van der Waals surface area contributed by atoms with Crippen molar-refractivity contribution in [1.82, 2.24) is 0 Å². The fraction of sp³-hybridized carbons (Fsp3) is 0.200. The van der Waals surface area contributed by atoms with Gasteiger partial charge in [-0.15, -0.1) is 0 Å². The molecule has 0 heterocycles. The Morgan fingerprint density at radius 3 is 2.80 bits per heavy atom. The Morgan fingerprint density at radius 2 is 2.33 bits per heavy atom. The number of carbonyl (C=O) groups is 1. The van der Waals surface area contributed by atoms with Crippen molar-refractivity contribution in [3.63, 3.8) is 0 Å². The zero-order chi connectivity index (χ0) is 11.4. The molecule has 15 heavy (non-hydrogen) atoms. The molecule has 0 aromatic heterocycles. The van der Waals surface area contributed by atoms with Crippen molar-refractivity contribution in [2.45, 2.75) is 0 Å². The van der Waals surface area contributed by atoms with Gasteiger partial charge in [-0.2, -0.15) is 5.26 Å². The Balaban J connectivity index is 3.38. The SMILES string of the molecule is COc1cc(C#N)c(N)c(C(=O)CBr)c1. The number of ketones is 1. The predicted octanol–water partition coefficient (Wildman–Crippen LogP) is 1.73. The standard InChI is InChI=1S/C10H9BrN2O2/c1-15-7-2-6(5-12)10(13)8(3-7)9(14)4-11/h2-3H,4,13H2,1H3. The number of hydrogen-bond donors (Lipinski definition) is 1. The first-order valence-electron chi connectivity index (χ1n) is 4.10. The van der Waals surface area contributed by atoms with Gasteiger partial charge in [-0.05, 0) is 6.07 Å². The quantitative estimate of drug-likeness (QED) is 0.515. The zero-order valence-electron chi connectivity index (χ0n) is 8.08. The Kier molecular flexibility index (Phi) is 3.69. The molecule has 0 radical (unpaired) electrons. The van der Waals surface area contributed by atoms with E-state index in [1.807, 2.05) is 6.07 Å². The molecule has 0 unspecified atom stereocenters. The van der Waals surface area contributed by atoms with E-state index in [-0.39, 0.29) is 22.4 Å². The van der Waals surface area contributed by atoms with Crippen LogP contribution in [0.15, 0.2) is 12.1 Å². The highest BCUT2D eigenvalue weighted by Gasteiger charge is 2.13. The van der Waals surface area contributed by atoms with E-state index >= 15 is 0 Å². The number of anilines is 1. The minimum absolute atomic E-state index is 0.162. The van der Waals surface area contributed by atoms with Gasteiger partial charge < -0.3 is 10.5 Å². The average Bonchev–Trinajstić information content (AvgIpc) is 2.28. The molecule has 0 amide bonds. The molecule has 0 aliphatic heterocycles. The third-order valence-corrected chi connectivity index (χ3v) is 2.44. The lowest BCUT2D eigenvalue weighted by atomic mass is 10.0. The number of Topliss-reactive ketones (excluding diaryl/α,β-unsaturated/α-hetero) is 1. The van der Waals surface area contributed by atoms with Crippen LogP contribution in [0.1, 0.15) is 15.9 Å². The van der Waals surface area contributed by atoms with E-state index in [1.54, 1.807) is 0 Å². The highest BCUT2D eigenvalue weighted by atomic mass is 79.9. The molecule has 0 saturated carbocycles. The van der Waals surface area contributed by atoms with Crippen LogP contribution in [0.3, 0.4) is 0 Å². The summed E-state index contributed by atoms with van der Waals surface area (Å²) in [5, 5.41) is 8.97. The van der Waals surface area contributed by atoms with Crippen LogP contribution in [0.5, 0.6) is 5.75 Å². The molecule has 1 aromatic rings. The van der Waals surface area contributed by atoms with E-state index in [4.69, 9.17) is 15.7 Å². The van der Waals surface area contributed by atoms with E-state index in [9.17, 15) is 4.79 Å². The minimum atomic E-state index is -0.178. The summed E-state index contributed by atoms with van der Waals surface area (Å²) in [6.07, 6.45) is 0. The average molecular weight is 269 g/mol. The molecule has 0 atom stereocenters. The molecule has 78 valence electrons. The first-order chi connectivity index (χ1) is 7.13. The predicted molar refractivity (Wildman–Crippen MR) is 60.2 cm³/mol. The first kappa shape index (κ1) is 11.5. The van der Waals surface area contributed by atoms with Gasteiger partial charge >= 0.3 is 0 Å². The number of alkyl halides is 1. The summed E-state index contributed by atoms with van der Waals surface area (Å²) in [5.74, 6) is 0.271. The van der Waals surface area contributed by atoms with Crippen molar-refractivity contribution in [2.75, 3.05) is 18.2 Å². The molecular formula is C10H9BrN2O2. The molecule has 5 heteroatoms. The Hall–Kier alpha value is -1.54. The largest absolute Gasteiger partial charge is 0.497 e. The van der Waals surface area contributed by atoms with Gasteiger partial charge in [0.15, 0.2) is 5.78 Å². The van der Waals surface area contributed by atoms with Crippen LogP contribution in [-0.4, -0.2) is 18.2 Å². The Morgan fingerprint density at radius 1 is 1.67 bits per heavy atom. The summed E-state index contributed by atoms with van der Waals surface area (Å²) in [4.78, 5) is 11.5. The number of carbonyl (C=O) groups excluding carboxylic acids is 1. The van der Waals surface area contributed by atoms with Crippen LogP contribution in [-0.2, 0) is 0 Å². The van der Waals surface area contributed by atoms with E-state index in [0.717, 1.165) is 0 Å². The minimum Gasteiger partial charge on any atom is -0.497 e. The lowest BCUT2D eigenvalue weighted by Gasteiger charge is -2.07. The van der Waals surface area contributed by atoms with E-state index in [1.165, 1.54) is 19.2 Å². The molecule has 0 aliphatic rings. The number of nitriles is 1. The lowest BCUT2D eigenvalue weighted by molar-refractivity contribution is 0.102. The summed E-state index contributed by atoms with van der Waals surface area (Å²) < 4.78 is 4.97. The molecule has 2 N–H and O–H groups in total. The summed E-state index contributed by atoms with van der Waals surface area (Å²) in [5.41, 5.74) is 6.43. The fourth-order valence-electron chi connectivity index (χ4n) is 1.14. The number of nitrogens with zero attached hydrogens (tertiary/aromatic N) is 1. The van der Waals surface area contributed by atoms with Crippen molar-refractivity contribution in [3.8, 4) is 11.8 Å². The molecule has 0 saturated heterocycles. The summed E-state index contributed by atoms with van der Waals surface area (Å²) in [6, 6.07) is 4.94. The Labute approximate surface area is 95.8 Å². The maximum absolute atomic E-state index is 11.5. The molecule has 4 nitrogen and oxygen atoms in total. The van der Waals surface area contributed by atoms with Crippen molar-refractivity contribution < 1.29 is 9.53 Å². The van der Waals surface area contributed by atoms with Crippen LogP contribution in [0.4, 0.5) is 5.69 Å². The van der Waals surface area contributed by atoms with Gasteiger partial charge in [0.2, 0.25) is 0 Å². The van der Waals surface area contributed by atoms with Crippen molar-refractivity contribution in [1.29, 1.82) is 5.26 Å². The number of hydrogen-bond acceptors (Lipinski definition) is 4. The molecule has 0 fully saturated rings. The van der Waals surface area contributed by atoms with Crippen molar-refractivity contribution >= 4 is 27.4 Å². The van der Waals surface area contributed by atoms with Crippen LogP contribution < -0.4 is 10.5 Å². The van der Waals surface area contributed by atoms with Crippen LogP contribution >= 0.6 is 15.9 Å². The second-order valence-corrected chi connectivity index (χ2v) is 3.37. The van der Waals surface area contributed by atoms with Crippen molar-refractivity contribution in [2.24, 2.45) is 0 Å². The number of benzene rings is 1. The van der Waals surface area contributed by atoms with Crippen molar-refractivity contribution in [3.05, 3.63) is 23.3 Å². The summed E-state index contributed by atoms with van der Waals surface area (Å²) >= 11 is 3.05. The fourth-order valence-corrected chi connectivity index (χ4v) is 1.44. The number of halogens is 1. The molecule has 0 bridgehead atoms. The smallest absolute Gasteiger partial charge is 0.175 e. The topological polar surface area (TPSA) is 76.1 Å². The maximum atomic E-state index is 11.5. The second kappa shape index (κ2) is 4.80. The van der Waals surface area contributed by atoms with E-state index in [2.05, 4.69) is 15.9 Å². The zero-order valence-corrected chi connectivity index (χ0v) is 9.67. The van der Waals surface area contributed by atoms with Gasteiger partial charge in [0, 0.05) is 11.6 Å². The van der Waals surface area contributed by atoms with Gasteiger partial charge in [-0.3, -0.25) is 4.79 Å². The summed E-state index contributed by atoms with van der Waals surface area (Å²) in [6.45, 7) is 0. The van der Waals surface area contributed by atoms with Gasteiger partial charge in [0.05, 0.1) is 23.7 Å². The monoisotopic (exact) mass is 268 g/mol. The van der Waals surface area contributed by atoms with Gasteiger partial charge in [-0.1, -0.05) is 15.9 Å². The lowest BCUT2D eigenvalue weighted by Crippen LogP contribution is -2.07. The molecular weight excluding hydrogens is 260 g/mol. The summed E-state index contributed by atoms with van der Waals surface area (Å²) in [7, 11) is 1.47. The number of ether oxygens (including phenoxy) is 1. The Bertz CT molecular complexity index is 438. The van der Waals surface area contributed by atoms with E-state index in [0.29, 0.717) is 11.3 Å². The normalized spacial score (nSPS) is 9.40. The second-order valence-electron chi connectivity index (χ2n) is 2.80. The van der Waals surface area contributed by atoms with Crippen LogP contribution in [0, 0.1) is 11.3 Å².